The summed E-state index contributed by atoms with van der Waals surface area (Å²) in [6.45, 7) is 3.42. The van der Waals surface area contributed by atoms with Gasteiger partial charge in [0.25, 0.3) is 0 Å². The lowest BCUT2D eigenvalue weighted by Crippen LogP contribution is -2.25. The van der Waals surface area contributed by atoms with Crippen molar-refractivity contribution >= 4 is 56.8 Å². The summed E-state index contributed by atoms with van der Waals surface area (Å²) in [5.41, 5.74) is 2.50. The van der Waals surface area contributed by atoms with Crippen molar-refractivity contribution in [2.45, 2.75) is 19.9 Å². The molecule has 1 aromatic carbocycles. The number of fused-ring (bicyclic) bond motifs is 1. The Kier molecular flexibility index (Phi) is 4.91. The number of carbonyl (C=O) groups is 1. The second-order valence-electron chi connectivity index (χ2n) is 5.37. The molecule has 3 rings (SSSR count). The van der Waals surface area contributed by atoms with Crippen LogP contribution in [0.3, 0.4) is 0 Å². The maximum atomic E-state index is 12.2. The third kappa shape index (κ3) is 3.32. The summed E-state index contributed by atoms with van der Waals surface area (Å²) >= 11 is 4.29. The van der Waals surface area contributed by atoms with E-state index in [2.05, 4.69) is 20.9 Å². The van der Waals surface area contributed by atoms with Crippen LogP contribution in [-0.4, -0.2) is 28.5 Å². The number of nitrogens with zero attached hydrogens (tertiary/aromatic N) is 2. The Morgan fingerprint density at radius 2 is 2.28 bits per heavy atom. The van der Waals surface area contributed by atoms with Crippen LogP contribution >= 0.6 is 27.3 Å². The molecule has 0 saturated carbocycles. The number of ether oxygens (including phenoxy) is 1. The van der Waals surface area contributed by atoms with Gasteiger partial charge in [-0.1, -0.05) is 27.3 Å². The maximum absolute atomic E-state index is 12.2. The van der Waals surface area contributed by atoms with E-state index >= 15 is 0 Å². The molecule has 2 heterocycles. The molecule has 130 valence electrons. The number of esters is 1. The predicted octanol–water partition coefficient (Wildman–Crippen LogP) is 3.76. The quantitative estimate of drug-likeness (QED) is 0.760. The standard InChI is InChI=1S/C17H15BrN2O4S/c1-3-24-16(22)9(2)20-15(21)14(25-17(20)23)6-10-8-19-13-5-4-11(18)7-12(10)13/h4-9,21H,3H2,1-2H3/b10-6+/t9-/m1/s1. The number of carbonyl (C=O) groups excluding carboxylic acids is 1. The van der Waals surface area contributed by atoms with Gasteiger partial charge in [0, 0.05) is 21.8 Å². The number of aromatic nitrogens is 1. The van der Waals surface area contributed by atoms with Gasteiger partial charge < -0.3 is 9.84 Å². The molecule has 0 amide bonds. The number of benzene rings is 1. The summed E-state index contributed by atoms with van der Waals surface area (Å²) in [6, 6.07) is 4.81. The van der Waals surface area contributed by atoms with E-state index in [0.29, 0.717) is 4.88 Å². The summed E-state index contributed by atoms with van der Waals surface area (Å²) in [5.74, 6) is -0.812. The molecule has 1 aromatic heterocycles. The third-order valence-corrected chi connectivity index (χ3v) is 5.14. The number of halogens is 1. The normalized spacial score (nSPS) is 15.4. The van der Waals surface area contributed by atoms with E-state index in [1.54, 1.807) is 19.2 Å². The number of rotatable bonds is 4. The van der Waals surface area contributed by atoms with Gasteiger partial charge in [0.15, 0.2) is 0 Å². The Morgan fingerprint density at radius 1 is 1.52 bits per heavy atom. The van der Waals surface area contributed by atoms with Crippen LogP contribution in [0, 0.1) is 0 Å². The number of aromatic hydroxyl groups is 1. The lowest BCUT2D eigenvalue weighted by molar-refractivity contribution is -0.146. The fourth-order valence-electron chi connectivity index (χ4n) is 2.51. The Morgan fingerprint density at radius 3 is 3.00 bits per heavy atom. The van der Waals surface area contributed by atoms with Gasteiger partial charge in [-0.15, -0.1) is 0 Å². The second-order valence-corrected chi connectivity index (χ2v) is 7.28. The van der Waals surface area contributed by atoms with Crippen LogP contribution in [0.5, 0.6) is 5.88 Å². The molecule has 0 aliphatic carbocycles. The van der Waals surface area contributed by atoms with Gasteiger partial charge in [-0.2, -0.15) is 0 Å². The van der Waals surface area contributed by atoms with Gasteiger partial charge in [0.05, 0.1) is 17.2 Å². The first-order valence-corrected chi connectivity index (χ1v) is 9.20. The first kappa shape index (κ1) is 17.6. The van der Waals surface area contributed by atoms with E-state index in [1.165, 1.54) is 6.92 Å². The minimum absolute atomic E-state index is 0.210. The first-order valence-electron chi connectivity index (χ1n) is 7.59. The van der Waals surface area contributed by atoms with Gasteiger partial charge in [-0.25, -0.2) is 4.79 Å². The van der Waals surface area contributed by atoms with Crippen LogP contribution in [0.1, 0.15) is 30.3 Å². The lowest BCUT2D eigenvalue weighted by Gasteiger charge is -2.12. The van der Waals surface area contributed by atoms with Crippen LogP contribution in [0.2, 0.25) is 0 Å². The van der Waals surface area contributed by atoms with Crippen molar-refractivity contribution < 1.29 is 14.6 Å². The molecule has 0 fully saturated rings. The van der Waals surface area contributed by atoms with Crippen LogP contribution in [0.15, 0.2) is 32.5 Å². The number of hydrogen-bond acceptors (Lipinski definition) is 6. The van der Waals surface area contributed by atoms with Crippen molar-refractivity contribution in [2.75, 3.05) is 6.61 Å². The molecule has 8 heteroatoms. The highest BCUT2D eigenvalue weighted by Gasteiger charge is 2.24. The Hall–Kier alpha value is -2.19. The van der Waals surface area contributed by atoms with E-state index in [1.807, 2.05) is 18.2 Å². The van der Waals surface area contributed by atoms with Crippen LogP contribution < -0.4 is 4.87 Å². The molecule has 2 aromatic rings. The molecule has 0 bridgehead atoms. The van der Waals surface area contributed by atoms with E-state index in [0.717, 1.165) is 37.2 Å². The largest absolute Gasteiger partial charge is 0.493 e. The molecule has 0 spiro atoms. The fourth-order valence-corrected chi connectivity index (χ4v) is 3.78. The zero-order chi connectivity index (χ0) is 18.1. The number of aliphatic imine (C=N–C) groups is 1. The monoisotopic (exact) mass is 422 g/mol. The Labute approximate surface area is 156 Å². The van der Waals surface area contributed by atoms with Crippen molar-refractivity contribution in [3.05, 3.63) is 42.8 Å². The molecule has 6 nitrogen and oxygen atoms in total. The summed E-state index contributed by atoms with van der Waals surface area (Å²) in [5, 5.41) is 10.4. The number of thiazole rings is 1. The van der Waals surface area contributed by atoms with Crippen molar-refractivity contribution in [2.24, 2.45) is 4.99 Å². The highest BCUT2D eigenvalue weighted by atomic mass is 79.9. The Balaban J connectivity index is 2.01. The van der Waals surface area contributed by atoms with Crippen molar-refractivity contribution in [3.8, 4) is 5.88 Å². The molecule has 1 aliphatic rings. The highest BCUT2D eigenvalue weighted by Crippen LogP contribution is 2.36. The molecule has 0 unspecified atom stereocenters. The zero-order valence-corrected chi connectivity index (χ0v) is 15.9. The Bertz CT molecular complexity index is 958. The van der Waals surface area contributed by atoms with Crippen LogP contribution in [-0.2, 0) is 9.53 Å². The molecule has 25 heavy (non-hydrogen) atoms. The van der Waals surface area contributed by atoms with Crippen LogP contribution in [0.25, 0.3) is 11.6 Å². The van der Waals surface area contributed by atoms with E-state index in [-0.39, 0.29) is 12.5 Å². The number of allylic oxidation sites excluding steroid dienone is 1. The lowest BCUT2D eigenvalue weighted by atomic mass is 10.1. The maximum Gasteiger partial charge on any atom is 0.329 e. The molecule has 0 saturated heterocycles. The SMILES string of the molecule is CCOC(=O)[C@@H](C)n1c(O)c(/C=C2\C=Nc3ccc(Br)cc32)sc1=O. The summed E-state index contributed by atoms with van der Waals surface area (Å²) < 4.78 is 6.88. The smallest absolute Gasteiger partial charge is 0.329 e. The molecule has 1 atom stereocenters. The van der Waals surface area contributed by atoms with E-state index in [9.17, 15) is 14.7 Å². The minimum Gasteiger partial charge on any atom is -0.493 e. The topological polar surface area (TPSA) is 80.9 Å². The second kappa shape index (κ2) is 6.97. The van der Waals surface area contributed by atoms with E-state index in [4.69, 9.17) is 4.74 Å². The fraction of sp³-hybridized carbons (Fsp3) is 0.235. The van der Waals surface area contributed by atoms with Crippen molar-refractivity contribution in [1.82, 2.24) is 4.57 Å². The first-order chi connectivity index (χ1) is 11.9. The van der Waals surface area contributed by atoms with Gasteiger partial charge in [-0.3, -0.25) is 14.4 Å². The summed E-state index contributed by atoms with van der Waals surface area (Å²) in [4.78, 5) is 28.4. The van der Waals surface area contributed by atoms with Crippen molar-refractivity contribution in [3.63, 3.8) is 0 Å². The van der Waals surface area contributed by atoms with Crippen molar-refractivity contribution in [1.29, 1.82) is 0 Å². The summed E-state index contributed by atoms with van der Waals surface area (Å²) in [6.07, 6.45) is 3.37. The molecular formula is C17H15BrN2O4S. The van der Waals surface area contributed by atoms with Gasteiger partial charge in [-0.05, 0) is 38.1 Å². The number of hydrogen-bond donors (Lipinski definition) is 1. The molecular weight excluding hydrogens is 408 g/mol. The van der Waals surface area contributed by atoms with Gasteiger partial charge in [0.1, 0.15) is 6.04 Å². The molecule has 1 N–H and O–H groups in total. The summed E-state index contributed by atoms with van der Waals surface area (Å²) in [7, 11) is 0. The average molecular weight is 423 g/mol. The van der Waals surface area contributed by atoms with Gasteiger partial charge in [0.2, 0.25) is 5.88 Å². The average Bonchev–Trinajstić information content (AvgIpc) is 3.08. The predicted molar refractivity (Wildman–Crippen MR) is 102 cm³/mol. The minimum atomic E-state index is -0.894. The molecule has 0 radical (unpaired) electrons. The highest BCUT2D eigenvalue weighted by molar-refractivity contribution is 9.10. The molecule has 1 aliphatic heterocycles. The zero-order valence-electron chi connectivity index (χ0n) is 13.5. The van der Waals surface area contributed by atoms with Crippen LogP contribution in [0.4, 0.5) is 5.69 Å². The van der Waals surface area contributed by atoms with E-state index < -0.39 is 16.9 Å². The van der Waals surface area contributed by atoms with Gasteiger partial charge >= 0.3 is 10.8 Å². The third-order valence-electron chi connectivity index (χ3n) is 3.76.